The minimum Gasteiger partial charge on any atom is -0.858 e. The van der Waals surface area contributed by atoms with Crippen LogP contribution in [0.4, 0.5) is 10.1 Å². The lowest BCUT2D eigenvalue weighted by Gasteiger charge is -2.17. The van der Waals surface area contributed by atoms with Crippen molar-refractivity contribution < 1.29 is 23.7 Å². The normalized spacial score (nSPS) is 13.7. The number of benzene rings is 2. The molecule has 0 saturated carbocycles. The zero-order chi connectivity index (χ0) is 26.6. The molecule has 0 spiro atoms. The van der Waals surface area contributed by atoms with E-state index in [-0.39, 0.29) is 22.5 Å². The monoisotopic (exact) mass is 496 g/mol. The molecule has 7 nitrogen and oxygen atoms in total. The topological polar surface area (TPSA) is 82.1 Å². The van der Waals surface area contributed by atoms with E-state index in [0.717, 1.165) is 27.2 Å². The SMILES string of the molecule is Cc1cc(C)c[n+](C2=C(c3c(C)nn(-c4cccc(C)c4C)c3[O-])C(=O)N(c3ccc(F)cc3)C2=O)c1. The zero-order valence-electron chi connectivity index (χ0n) is 21.2. The minimum absolute atomic E-state index is 0.0385. The average molecular weight is 497 g/mol. The van der Waals surface area contributed by atoms with Crippen molar-refractivity contribution in [3.63, 3.8) is 0 Å². The molecule has 0 saturated heterocycles. The number of nitrogens with zero attached hydrogens (tertiary/aromatic N) is 4. The summed E-state index contributed by atoms with van der Waals surface area (Å²) in [6.07, 6.45) is 3.47. The Hall–Kier alpha value is -4.59. The molecule has 0 atom stereocenters. The van der Waals surface area contributed by atoms with Gasteiger partial charge in [-0.1, -0.05) is 12.1 Å². The van der Waals surface area contributed by atoms with Crippen molar-refractivity contribution in [1.82, 2.24) is 9.78 Å². The van der Waals surface area contributed by atoms with Crippen molar-refractivity contribution in [2.24, 2.45) is 0 Å². The molecule has 5 rings (SSSR count). The Kier molecular flexibility index (Phi) is 5.75. The molecule has 4 aromatic rings. The Morgan fingerprint density at radius 3 is 2.19 bits per heavy atom. The number of pyridine rings is 1. The fourth-order valence-corrected chi connectivity index (χ4v) is 4.77. The van der Waals surface area contributed by atoms with E-state index >= 15 is 0 Å². The zero-order valence-corrected chi connectivity index (χ0v) is 21.2. The van der Waals surface area contributed by atoms with Crippen molar-refractivity contribution in [1.29, 1.82) is 0 Å². The van der Waals surface area contributed by atoms with Crippen LogP contribution in [-0.2, 0) is 9.59 Å². The Morgan fingerprint density at radius 2 is 1.54 bits per heavy atom. The largest absolute Gasteiger partial charge is 0.858 e. The number of halogens is 1. The van der Waals surface area contributed by atoms with Gasteiger partial charge in [-0.2, -0.15) is 9.67 Å². The highest BCUT2D eigenvalue weighted by Gasteiger charge is 2.47. The van der Waals surface area contributed by atoms with E-state index < -0.39 is 23.5 Å². The van der Waals surface area contributed by atoms with Crippen LogP contribution in [0, 0.1) is 40.4 Å². The molecule has 0 unspecified atom stereocenters. The second kappa shape index (κ2) is 8.81. The Morgan fingerprint density at radius 1 is 0.892 bits per heavy atom. The standard InChI is InChI=1S/C29H25FN4O3/c1-16-13-17(2)15-32(14-16)26-25(27(35)33(29(26)37)22-11-9-21(30)10-12-22)24-20(5)31-34(28(24)36)23-8-6-7-18(3)19(23)4/h6-15H,1-5H3. The average Bonchev–Trinajstić information content (AvgIpc) is 3.26. The second-order valence-electron chi connectivity index (χ2n) is 9.34. The summed E-state index contributed by atoms with van der Waals surface area (Å²) in [5.41, 5.74) is 4.82. The Bertz CT molecular complexity index is 1610. The van der Waals surface area contributed by atoms with Crippen LogP contribution in [0.5, 0.6) is 5.88 Å². The van der Waals surface area contributed by atoms with Gasteiger partial charge in [-0.05, 0) is 88.0 Å². The molecule has 0 fully saturated rings. The predicted octanol–water partition coefficient (Wildman–Crippen LogP) is 3.86. The van der Waals surface area contributed by atoms with Gasteiger partial charge in [0.05, 0.1) is 17.1 Å². The van der Waals surface area contributed by atoms with Crippen LogP contribution in [0.15, 0.2) is 60.9 Å². The van der Waals surface area contributed by atoms with Crippen LogP contribution in [0.1, 0.15) is 33.5 Å². The maximum absolute atomic E-state index is 13.9. The van der Waals surface area contributed by atoms with Gasteiger partial charge in [0.15, 0.2) is 12.4 Å². The Labute approximate surface area is 213 Å². The van der Waals surface area contributed by atoms with Crippen LogP contribution >= 0.6 is 0 Å². The molecule has 2 aromatic heterocycles. The molecule has 8 heteroatoms. The highest BCUT2D eigenvalue weighted by molar-refractivity contribution is 6.53. The molecule has 37 heavy (non-hydrogen) atoms. The predicted molar refractivity (Wildman–Crippen MR) is 135 cm³/mol. The van der Waals surface area contributed by atoms with E-state index in [4.69, 9.17) is 0 Å². The van der Waals surface area contributed by atoms with E-state index in [1.165, 1.54) is 28.9 Å². The highest BCUT2D eigenvalue weighted by Crippen LogP contribution is 2.39. The lowest BCUT2D eigenvalue weighted by Crippen LogP contribution is -2.40. The summed E-state index contributed by atoms with van der Waals surface area (Å²) in [6, 6.07) is 12.6. The number of anilines is 1. The van der Waals surface area contributed by atoms with Crippen molar-refractivity contribution >= 4 is 28.8 Å². The maximum atomic E-state index is 13.9. The van der Waals surface area contributed by atoms with Gasteiger partial charge in [-0.3, -0.25) is 9.59 Å². The Balaban J connectivity index is 1.78. The van der Waals surface area contributed by atoms with Crippen molar-refractivity contribution in [2.45, 2.75) is 34.6 Å². The lowest BCUT2D eigenvalue weighted by atomic mass is 10.0. The molecular formula is C29H25FN4O3. The van der Waals surface area contributed by atoms with Gasteiger partial charge >= 0.3 is 5.91 Å². The summed E-state index contributed by atoms with van der Waals surface area (Å²) in [5.74, 6) is -2.27. The fraction of sp³-hybridized carbons (Fsp3) is 0.172. The number of hydrogen-bond acceptors (Lipinski definition) is 4. The van der Waals surface area contributed by atoms with Crippen molar-refractivity contribution in [3.05, 3.63) is 100 Å². The van der Waals surface area contributed by atoms with E-state index in [2.05, 4.69) is 5.10 Å². The summed E-state index contributed by atoms with van der Waals surface area (Å²) in [5, 5.41) is 18.3. The van der Waals surface area contributed by atoms with E-state index in [1.807, 2.05) is 45.9 Å². The lowest BCUT2D eigenvalue weighted by molar-refractivity contribution is -0.577. The second-order valence-corrected chi connectivity index (χ2v) is 9.34. The van der Waals surface area contributed by atoms with Crippen LogP contribution < -0.4 is 14.6 Å². The summed E-state index contributed by atoms with van der Waals surface area (Å²) >= 11 is 0. The molecule has 0 bridgehead atoms. The third-order valence-corrected chi connectivity index (χ3v) is 6.62. The number of amides is 2. The third kappa shape index (κ3) is 3.91. The molecule has 1 aliphatic heterocycles. The molecule has 2 amide bonds. The third-order valence-electron chi connectivity index (χ3n) is 6.62. The number of hydrogen-bond donors (Lipinski definition) is 0. The maximum Gasteiger partial charge on any atom is 0.331 e. The molecule has 3 heterocycles. The number of rotatable bonds is 4. The number of carbonyl (C=O) groups excluding carboxylic acids is 2. The number of aryl methyl sites for hydroxylation is 4. The first kappa shape index (κ1) is 24.1. The molecule has 0 aliphatic carbocycles. The number of aromatic nitrogens is 3. The fourth-order valence-electron chi connectivity index (χ4n) is 4.77. The van der Waals surface area contributed by atoms with Crippen LogP contribution in [0.2, 0.25) is 0 Å². The van der Waals surface area contributed by atoms with Gasteiger partial charge in [-0.25, -0.2) is 14.0 Å². The molecule has 0 N–H and O–H groups in total. The molecule has 0 radical (unpaired) electrons. The molecule has 1 aliphatic rings. The van der Waals surface area contributed by atoms with Crippen molar-refractivity contribution in [3.8, 4) is 11.6 Å². The van der Waals surface area contributed by atoms with Gasteiger partial charge < -0.3 is 5.11 Å². The number of imide groups is 1. The summed E-state index contributed by atoms with van der Waals surface area (Å²) in [6.45, 7) is 9.25. The first-order chi connectivity index (χ1) is 17.6. The van der Waals surface area contributed by atoms with Crippen LogP contribution in [0.3, 0.4) is 0 Å². The van der Waals surface area contributed by atoms with Gasteiger partial charge in [0.25, 0.3) is 11.6 Å². The van der Waals surface area contributed by atoms with Gasteiger partial charge in [0.2, 0.25) is 0 Å². The van der Waals surface area contributed by atoms with Crippen molar-refractivity contribution in [2.75, 3.05) is 4.90 Å². The first-order valence-corrected chi connectivity index (χ1v) is 11.8. The number of carbonyl (C=O) groups is 2. The van der Waals surface area contributed by atoms with E-state index in [9.17, 15) is 19.1 Å². The first-order valence-electron chi connectivity index (χ1n) is 11.8. The van der Waals surface area contributed by atoms with Crippen LogP contribution in [0.25, 0.3) is 17.0 Å². The summed E-state index contributed by atoms with van der Waals surface area (Å²) in [7, 11) is 0. The highest BCUT2D eigenvalue weighted by atomic mass is 19.1. The summed E-state index contributed by atoms with van der Waals surface area (Å²) in [4.78, 5) is 28.7. The molecule has 2 aromatic carbocycles. The quantitative estimate of drug-likeness (QED) is 0.317. The van der Waals surface area contributed by atoms with Gasteiger partial charge in [0.1, 0.15) is 11.4 Å². The smallest absolute Gasteiger partial charge is 0.331 e. The minimum atomic E-state index is -0.668. The van der Waals surface area contributed by atoms with Gasteiger partial charge in [-0.15, -0.1) is 0 Å². The van der Waals surface area contributed by atoms with Crippen LogP contribution in [-0.4, -0.2) is 21.6 Å². The van der Waals surface area contributed by atoms with E-state index in [1.54, 1.807) is 30.0 Å². The molecule has 186 valence electrons. The molecular weight excluding hydrogens is 471 g/mol. The van der Waals surface area contributed by atoms with Gasteiger partial charge in [0, 0.05) is 16.7 Å². The summed E-state index contributed by atoms with van der Waals surface area (Å²) < 4.78 is 16.5. The van der Waals surface area contributed by atoms with E-state index in [0.29, 0.717) is 11.4 Å².